The summed E-state index contributed by atoms with van der Waals surface area (Å²) in [5.74, 6) is -2.35. The molecule has 1 fully saturated rings. The molecule has 1 amide bonds. The lowest BCUT2D eigenvalue weighted by atomic mass is 9.89. The quantitative estimate of drug-likeness (QED) is 0.684. The number of alkyl halides is 3. The minimum absolute atomic E-state index is 0.0505. The van der Waals surface area contributed by atoms with Crippen LogP contribution in [0.5, 0.6) is 0 Å². The summed E-state index contributed by atoms with van der Waals surface area (Å²) in [6.45, 7) is 2.29. The zero-order valence-electron chi connectivity index (χ0n) is 17.1. The summed E-state index contributed by atoms with van der Waals surface area (Å²) in [7, 11) is 0. The van der Waals surface area contributed by atoms with Crippen molar-refractivity contribution < 1.29 is 31.5 Å². The summed E-state index contributed by atoms with van der Waals surface area (Å²) in [5.41, 5.74) is 12.2. The Hall–Kier alpha value is -2.57. The number of halogens is 5. The number of hydrogen-bond acceptors (Lipinski definition) is 5. The van der Waals surface area contributed by atoms with Gasteiger partial charge in [0, 0.05) is 37.3 Å². The van der Waals surface area contributed by atoms with Gasteiger partial charge >= 0.3 is 6.18 Å². The fourth-order valence-electron chi connectivity index (χ4n) is 4.59. The van der Waals surface area contributed by atoms with E-state index in [9.17, 15) is 26.7 Å². The van der Waals surface area contributed by atoms with Gasteiger partial charge in [0.05, 0.1) is 11.4 Å². The van der Waals surface area contributed by atoms with Gasteiger partial charge in [-0.05, 0) is 31.5 Å². The van der Waals surface area contributed by atoms with E-state index in [0.717, 1.165) is 18.2 Å². The molecule has 7 nitrogen and oxygen atoms in total. The Kier molecular flexibility index (Phi) is 5.72. The SMILES string of the molecule is CCn1c(C(N)=O)nc2c1CN(C1C[C@H](N)[C@@H](c3cc(F)ccc3F)O[C@@H]1C(F)(F)F)C2. The van der Waals surface area contributed by atoms with E-state index < -0.39 is 48.0 Å². The number of fused-ring (bicyclic) bond motifs is 1. The minimum atomic E-state index is -4.77. The zero-order chi connectivity index (χ0) is 23.4. The van der Waals surface area contributed by atoms with E-state index >= 15 is 0 Å². The third kappa shape index (κ3) is 3.86. The van der Waals surface area contributed by atoms with Gasteiger partial charge in [0.25, 0.3) is 5.91 Å². The van der Waals surface area contributed by atoms with E-state index in [-0.39, 0.29) is 30.9 Å². The second-order valence-corrected chi connectivity index (χ2v) is 7.99. The van der Waals surface area contributed by atoms with Crippen LogP contribution in [0.4, 0.5) is 22.0 Å². The fourth-order valence-corrected chi connectivity index (χ4v) is 4.59. The van der Waals surface area contributed by atoms with Gasteiger partial charge in [-0.3, -0.25) is 9.69 Å². The Morgan fingerprint density at radius 2 is 2.00 bits per heavy atom. The van der Waals surface area contributed by atoms with E-state index in [1.54, 1.807) is 11.5 Å². The molecule has 2 aromatic rings. The molecule has 1 unspecified atom stereocenters. The minimum Gasteiger partial charge on any atom is -0.363 e. The van der Waals surface area contributed by atoms with Gasteiger partial charge in [-0.15, -0.1) is 0 Å². The van der Waals surface area contributed by atoms with Gasteiger partial charge in [0.2, 0.25) is 0 Å². The van der Waals surface area contributed by atoms with Crippen molar-refractivity contribution in [1.29, 1.82) is 0 Å². The predicted molar refractivity (Wildman–Crippen MR) is 102 cm³/mol. The molecule has 32 heavy (non-hydrogen) atoms. The molecule has 0 radical (unpaired) electrons. The second-order valence-electron chi connectivity index (χ2n) is 7.99. The van der Waals surface area contributed by atoms with Gasteiger partial charge in [0.15, 0.2) is 11.9 Å². The van der Waals surface area contributed by atoms with Crippen molar-refractivity contribution in [2.24, 2.45) is 11.5 Å². The van der Waals surface area contributed by atoms with Crippen molar-refractivity contribution in [3.63, 3.8) is 0 Å². The highest BCUT2D eigenvalue weighted by Gasteiger charge is 2.54. The summed E-state index contributed by atoms with van der Waals surface area (Å²) < 4.78 is 76.6. The van der Waals surface area contributed by atoms with Crippen molar-refractivity contribution in [2.75, 3.05) is 0 Å². The topological polar surface area (TPSA) is 99.4 Å². The van der Waals surface area contributed by atoms with Crippen LogP contribution in [-0.2, 0) is 24.4 Å². The van der Waals surface area contributed by atoms with Crippen LogP contribution in [0.2, 0.25) is 0 Å². The van der Waals surface area contributed by atoms with Gasteiger partial charge < -0.3 is 20.8 Å². The molecule has 1 aromatic heterocycles. The third-order valence-electron chi connectivity index (χ3n) is 6.00. The molecular weight excluding hydrogens is 437 g/mol. The van der Waals surface area contributed by atoms with Crippen molar-refractivity contribution in [3.05, 3.63) is 52.6 Å². The molecule has 1 aromatic carbocycles. The highest BCUT2D eigenvalue weighted by Crippen LogP contribution is 2.42. The Bertz CT molecular complexity index is 1040. The number of carbonyl (C=O) groups excluding carboxylic acids is 1. The summed E-state index contributed by atoms with van der Waals surface area (Å²) in [5, 5.41) is 0. The lowest BCUT2D eigenvalue weighted by Crippen LogP contribution is -2.58. The van der Waals surface area contributed by atoms with Crippen LogP contribution in [0.1, 0.15) is 47.0 Å². The number of primary amides is 1. The molecule has 4 rings (SSSR count). The standard InChI is InChI=1S/C20H22F5N5O2/c1-2-30-15-8-29(7-13(15)28-19(30)18(27)31)14-6-12(26)16(32-17(14)20(23,24)25)10-5-9(21)3-4-11(10)22/h3-5,12,14,16-17H,2,6-8,26H2,1H3,(H2,27,31)/t12-,14?,16+,17-/m0/s1. The van der Waals surface area contributed by atoms with E-state index in [0.29, 0.717) is 17.9 Å². The summed E-state index contributed by atoms with van der Waals surface area (Å²) in [6.07, 6.45) is -8.66. The Morgan fingerprint density at radius 1 is 1.28 bits per heavy atom. The van der Waals surface area contributed by atoms with Crippen molar-refractivity contribution in [1.82, 2.24) is 14.5 Å². The van der Waals surface area contributed by atoms with E-state index in [2.05, 4.69) is 4.98 Å². The first kappa shape index (κ1) is 22.6. The van der Waals surface area contributed by atoms with Crippen LogP contribution in [0.15, 0.2) is 18.2 Å². The molecule has 0 bridgehead atoms. The van der Waals surface area contributed by atoms with Crippen LogP contribution in [0.3, 0.4) is 0 Å². The number of amides is 1. The number of nitrogens with two attached hydrogens (primary N) is 2. The maximum atomic E-state index is 14.2. The maximum absolute atomic E-state index is 14.2. The number of hydrogen-bond donors (Lipinski definition) is 2. The number of nitrogens with zero attached hydrogens (tertiary/aromatic N) is 3. The van der Waals surface area contributed by atoms with Crippen molar-refractivity contribution in [2.45, 2.75) is 63.4 Å². The molecule has 0 aliphatic carbocycles. The number of aromatic nitrogens is 2. The maximum Gasteiger partial charge on any atom is 0.416 e. The fraction of sp³-hybridized carbons (Fsp3) is 0.500. The molecule has 3 heterocycles. The lowest BCUT2D eigenvalue weighted by molar-refractivity contribution is -0.269. The Labute approximate surface area is 180 Å². The van der Waals surface area contributed by atoms with Gasteiger partial charge in [-0.2, -0.15) is 13.2 Å². The van der Waals surface area contributed by atoms with Crippen LogP contribution in [0, 0.1) is 11.6 Å². The highest BCUT2D eigenvalue weighted by atomic mass is 19.4. The first-order chi connectivity index (χ1) is 15.0. The third-order valence-corrected chi connectivity index (χ3v) is 6.00. The van der Waals surface area contributed by atoms with Crippen LogP contribution >= 0.6 is 0 Å². The Morgan fingerprint density at radius 3 is 2.62 bits per heavy atom. The largest absolute Gasteiger partial charge is 0.416 e. The number of benzene rings is 1. The molecule has 4 N–H and O–H groups in total. The monoisotopic (exact) mass is 459 g/mol. The van der Waals surface area contributed by atoms with E-state index in [4.69, 9.17) is 16.2 Å². The number of ether oxygens (including phenoxy) is 1. The normalized spacial score (nSPS) is 26.3. The summed E-state index contributed by atoms with van der Waals surface area (Å²) in [6, 6.07) is 0.331. The molecular formula is C20H22F5N5O2. The molecule has 0 spiro atoms. The Balaban J connectivity index is 1.63. The number of carbonyl (C=O) groups is 1. The second kappa shape index (κ2) is 8.09. The predicted octanol–water partition coefficient (Wildman–Crippen LogP) is 2.38. The first-order valence-electron chi connectivity index (χ1n) is 10.1. The number of imidazole rings is 1. The summed E-state index contributed by atoms with van der Waals surface area (Å²) in [4.78, 5) is 17.3. The van der Waals surface area contributed by atoms with Gasteiger partial charge in [-0.1, -0.05) is 0 Å². The molecule has 12 heteroatoms. The molecule has 174 valence electrons. The molecule has 2 aliphatic heterocycles. The van der Waals surface area contributed by atoms with Crippen molar-refractivity contribution >= 4 is 5.91 Å². The molecule has 4 atom stereocenters. The first-order valence-corrected chi connectivity index (χ1v) is 10.1. The van der Waals surface area contributed by atoms with E-state index in [1.807, 2.05) is 0 Å². The smallest absolute Gasteiger partial charge is 0.363 e. The van der Waals surface area contributed by atoms with E-state index in [1.165, 1.54) is 4.90 Å². The van der Waals surface area contributed by atoms with Gasteiger partial charge in [-0.25, -0.2) is 13.8 Å². The lowest BCUT2D eigenvalue weighted by Gasteiger charge is -2.44. The molecule has 1 saturated heterocycles. The van der Waals surface area contributed by atoms with Crippen LogP contribution in [-0.4, -0.2) is 44.7 Å². The molecule has 2 aliphatic rings. The average Bonchev–Trinajstić information content (AvgIpc) is 3.26. The highest BCUT2D eigenvalue weighted by molar-refractivity contribution is 5.89. The van der Waals surface area contributed by atoms with Crippen molar-refractivity contribution in [3.8, 4) is 0 Å². The zero-order valence-corrected chi connectivity index (χ0v) is 17.1. The summed E-state index contributed by atoms with van der Waals surface area (Å²) >= 11 is 0. The van der Waals surface area contributed by atoms with Crippen LogP contribution in [0.25, 0.3) is 0 Å². The average molecular weight is 459 g/mol. The number of rotatable bonds is 4. The molecule has 0 saturated carbocycles. The van der Waals surface area contributed by atoms with Crippen LogP contribution < -0.4 is 11.5 Å². The van der Waals surface area contributed by atoms with Gasteiger partial charge in [0.1, 0.15) is 17.7 Å².